The average molecular weight is 587 g/mol. The first-order valence-corrected chi connectivity index (χ1v) is 16.9. The SMILES string of the molecule is CC(C1CCCCC1C(=O)OC(C)(C)C)C1(C(C)C2CCCCC2C(=O)OC(C)(C)C)c2ccccc2-c2ccccc21. The Morgan fingerprint density at radius 2 is 0.977 bits per heavy atom. The lowest BCUT2D eigenvalue weighted by molar-refractivity contribution is -0.165. The van der Waals surface area contributed by atoms with Crippen LogP contribution in [0.1, 0.15) is 118 Å². The molecule has 0 saturated heterocycles. The maximum Gasteiger partial charge on any atom is 0.309 e. The van der Waals surface area contributed by atoms with Gasteiger partial charge in [0.25, 0.3) is 0 Å². The second kappa shape index (κ2) is 12.1. The van der Waals surface area contributed by atoms with Crippen LogP contribution in [0.15, 0.2) is 48.5 Å². The molecule has 0 spiro atoms. The van der Waals surface area contributed by atoms with E-state index in [2.05, 4.69) is 62.4 Å². The van der Waals surface area contributed by atoms with Crippen molar-refractivity contribution in [3.8, 4) is 11.1 Å². The van der Waals surface area contributed by atoms with E-state index in [9.17, 15) is 9.59 Å². The lowest BCUT2D eigenvalue weighted by atomic mass is 9.51. The van der Waals surface area contributed by atoms with Crippen molar-refractivity contribution in [2.24, 2.45) is 35.5 Å². The number of hydrogen-bond donors (Lipinski definition) is 0. The third-order valence-corrected chi connectivity index (χ3v) is 10.8. The van der Waals surface area contributed by atoms with E-state index >= 15 is 0 Å². The number of carbonyl (C=O) groups is 2. The molecule has 0 amide bonds. The van der Waals surface area contributed by atoms with E-state index in [4.69, 9.17) is 9.47 Å². The summed E-state index contributed by atoms with van der Waals surface area (Å²) < 4.78 is 12.1. The molecule has 4 nitrogen and oxygen atoms in total. The number of hydrogen-bond acceptors (Lipinski definition) is 4. The van der Waals surface area contributed by atoms with Gasteiger partial charge >= 0.3 is 11.9 Å². The van der Waals surface area contributed by atoms with Crippen LogP contribution in [0, 0.1) is 35.5 Å². The monoisotopic (exact) mass is 586 g/mol. The maximum absolute atomic E-state index is 13.8. The van der Waals surface area contributed by atoms with Gasteiger partial charge in [0.05, 0.1) is 11.8 Å². The largest absolute Gasteiger partial charge is 0.460 e. The van der Waals surface area contributed by atoms with E-state index in [0.29, 0.717) is 0 Å². The second-order valence-corrected chi connectivity index (χ2v) is 15.7. The van der Waals surface area contributed by atoms with Gasteiger partial charge in [0.15, 0.2) is 0 Å². The third-order valence-electron chi connectivity index (χ3n) is 10.8. The Balaban J connectivity index is 1.66. The van der Waals surface area contributed by atoms with E-state index in [-0.39, 0.29) is 52.9 Å². The summed E-state index contributed by atoms with van der Waals surface area (Å²) in [6.07, 6.45) is 8.17. The molecule has 6 unspecified atom stereocenters. The van der Waals surface area contributed by atoms with Crippen molar-refractivity contribution in [3.63, 3.8) is 0 Å². The van der Waals surface area contributed by atoms with Gasteiger partial charge in [-0.25, -0.2) is 0 Å². The first-order chi connectivity index (χ1) is 20.3. The molecule has 0 aromatic heterocycles. The molecule has 0 heterocycles. The van der Waals surface area contributed by atoms with E-state index in [0.717, 1.165) is 51.4 Å². The first kappa shape index (κ1) is 31.8. The molecule has 2 aromatic carbocycles. The Kier molecular flexibility index (Phi) is 8.91. The molecule has 0 aliphatic heterocycles. The first-order valence-electron chi connectivity index (χ1n) is 16.9. The van der Waals surface area contributed by atoms with Crippen molar-refractivity contribution >= 4 is 11.9 Å². The zero-order chi connectivity index (χ0) is 31.2. The van der Waals surface area contributed by atoms with Gasteiger partial charge in [0.1, 0.15) is 11.2 Å². The van der Waals surface area contributed by atoms with Crippen LogP contribution < -0.4 is 0 Å². The van der Waals surface area contributed by atoms with Gasteiger partial charge in [0.2, 0.25) is 0 Å². The predicted octanol–water partition coefficient (Wildman–Crippen LogP) is 9.52. The minimum atomic E-state index is -0.511. The van der Waals surface area contributed by atoms with Gasteiger partial charge < -0.3 is 9.47 Å². The summed E-state index contributed by atoms with van der Waals surface area (Å²) in [5.74, 6) is 0.381. The van der Waals surface area contributed by atoms with Crippen LogP contribution >= 0.6 is 0 Å². The molecule has 0 N–H and O–H groups in total. The molecule has 3 aliphatic carbocycles. The van der Waals surface area contributed by atoms with Crippen molar-refractivity contribution in [2.45, 2.75) is 123 Å². The van der Waals surface area contributed by atoms with Crippen molar-refractivity contribution < 1.29 is 19.1 Å². The molecule has 0 radical (unpaired) electrons. The minimum absolute atomic E-state index is 0.0456. The van der Waals surface area contributed by atoms with Gasteiger partial charge in [-0.2, -0.15) is 0 Å². The van der Waals surface area contributed by atoms with Crippen LogP contribution in [0.5, 0.6) is 0 Å². The Morgan fingerprint density at radius 3 is 1.35 bits per heavy atom. The highest BCUT2D eigenvalue weighted by molar-refractivity contribution is 5.82. The van der Waals surface area contributed by atoms with Crippen molar-refractivity contribution in [1.29, 1.82) is 0 Å². The number of carbonyl (C=O) groups excluding carboxylic acids is 2. The third kappa shape index (κ3) is 6.05. The molecule has 0 bridgehead atoms. The van der Waals surface area contributed by atoms with Crippen LogP contribution in [0.2, 0.25) is 0 Å². The molecule has 2 aromatic rings. The van der Waals surface area contributed by atoms with Crippen molar-refractivity contribution in [3.05, 3.63) is 59.7 Å². The topological polar surface area (TPSA) is 52.6 Å². The van der Waals surface area contributed by atoms with E-state index < -0.39 is 11.2 Å². The number of benzene rings is 2. The summed E-state index contributed by atoms with van der Waals surface area (Å²) in [5, 5.41) is 0. The molecular weight excluding hydrogens is 532 g/mol. The van der Waals surface area contributed by atoms with Crippen LogP contribution in [-0.2, 0) is 24.5 Å². The summed E-state index contributed by atoms with van der Waals surface area (Å²) in [6, 6.07) is 17.9. The van der Waals surface area contributed by atoms with Crippen LogP contribution in [0.3, 0.4) is 0 Å². The Morgan fingerprint density at radius 1 is 0.628 bits per heavy atom. The summed E-state index contributed by atoms with van der Waals surface area (Å²) in [5.41, 5.74) is 3.96. The van der Waals surface area contributed by atoms with Gasteiger partial charge in [-0.1, -0.05) is 88.1 Å². The number of ether oxygens (including phenoxy) is 2. The fourth-order valence-corrected chi connectivity index (χ4v) is 9.23. The fourth-order valence-electron chi connectivity index (χ4n) is 9.23. The summed E-state index contributed by atoms with van der Waals surface area (Å²) in [7, 11) is 0. The van der Waals surface area contributed by atoms with Crippen LogP contribution in [0.25, 0.3) is 11.1 Å². The normalized spacial score (nSPS) is 26.5. The Hall–Kier alpha value is -2.62. The Labute approximate surface area is 260 Å². The number of esters is 2. The van der Waals surface area contributed by atoms with Crippen LogP contribution in [-0.4, -0.2) is 23.1 Å². The van der Waals surface area contributed by atoms with Crippen LogP contribution in [0.4, 0.5) is 0 Å². The molecule has 4 heteroatoms. The highest BCUT2D eigenvalue weighted by Gasteiger charge is 2.57. The quantitative estimate of drug-likeness (QED) is 0.316. The zero-order valence-corrected chi connectivity index (χ0v) is 27.9. The van der Waals surface area contributed by atoms with Crippen molar-refractivity contribution in [1.82, 2.24) is 0 Å². The summed E-state index contributed by atoms with van der Waals surface area (Å²) in [6.45, 7) is 16.6. The predicted molar refractivity (Wildman–Crippen MR) is 174 cm³/mol. The lowest BCUT2D eigenvalue weighted by Gasteiger charge is -2.52. The second-order valence-electron chi connectivity index (χ2n) is 15.7. The van der Waals surface area contributed by atoms with E-state index in [1.165, 1.54) is 22.3 Å². The summed E-state index contributed by atoms with van der Waals surface area (Å²) >= 11 is 0. The molecule has 5 rings (SSSR count). The molecule has 2 saturated carbocycles. The molecular formula is C39H54O4. The Bertz CT molecular complexity index is 1210. The molecule has 2 fully saturated rings. The minimum Gasteiger partial charge on any atom is -0.460 e. The molecule has 6 atom stereocenters. The van der Waals surface area contributed by atoms with Crippen molar-refractivity contribution in [2.75, 3.05) is 0 Å². The number of fused-ring (bicyclic) bond motifs is 3. The van der Waals surface area contributed by atoms with Gasteiger partial charge in [-0.05, 0) is 113 Å². The summed E-state index contributed by atoms with van der Waals surface area (Å²) in [4.78, 5) is 27.6. The molecule has 3 aliphatic rings. The van der Waals surface area contributed by atoms with Gasteiger partial charge in [0, 0.05) is 5.41 Å². The molecule has 234 valence electrons. The van der Waals surface area contributed by atoms with E-state index in [1.54, 1.807) is 0 Å². The smallest absolute Gasteiger partial charge is 0.309 e. The number of rotatable bonds is 6. The lowest BCUT2D eigenvalue weighted by Crippen LogP contribution is -2.51. The zero-order valence-electron chi connectivity index (χ0n) is 27.9. The molecule has 43 heavy (non-hydrogen) atoms. The standard InChI is InChI=1S/C39H54O4/c1-25(27-17-9-11-21-31(27)35(40)42-37(3,4)5)39(33-23-15-13-19-29(33)30-20-14-16-24-34(30)39)26(2)28-18-10-12-22-32(28)36(41)43-38(6,7)8/h13-16,19-20,23-28,31-32H,9-12,17-18,21-22H2,1-8H3. The van der Waals surface area contributed by atoms with Gasteiger partial charge in [-0.15, -0.1) is 0 Å². The maximum atomic E-state index is 13.8. The van der Waals surface area contributed by atoms with Gasteiger partial charge in [-0.3, -0.25) is 9.59 Å². The fraction of sp³-hybridized carbons (Fsp3) is 0.641. The van der Waals surface area contributed by atoms with E-state index in [1.807, 2.05) is 41.5 Å². The average Bonchev–Trinajstić information content (AvgIpc) is 3.26. The highest BCUT2D eigenvalue weighted by Crippen LogP contribution is 2.62. The highest BCUT2D eigenvalue weighted by atomic mass is 16.6.